The first-order valence-electron chi connectivity index (χ1n) is 6.22. The van der Waals surface area contributed by atoms with Crippen molar-refractivity contribution in [1.82, 2.24) is 4.98 Å². The molecule has 5 nitrogen and oxygen atoms in total. The van der Waals surface area contributed by atoms with Crippen molar-refractivity contribution in [1.29, 1.82) is 0 Å². The van der Waals surface area contributed by atoms with Crippen LogP contribution in [0.2, 0.25) is 0 Å². The lowest BCUT2D eigenvalue weighted by Gasteiger charge is -2.12. The van der Waals surface area contributed by atoms with E-state index in [-0.39, 0.29) is 12.0 Å². The summed E-state index contributed by atoms with van der Waals surface area (Å²) in [5.41, 5.74) is 8.09. The van der Waals surface area contributed by atoms with E-state index in [1.807, 2.05) is 18.2 Å². The van der Waals surface area contributed by atoms with Gasteiger partial charge in [-0.1, -0.05) is 6.07 Å². The van der Waals surface area contributed by atoms with Gasteiger partial charge in [-0.2, -0.15) is 4.98 Å². The summed E-state index contributed by atoms with van der Waals surface area (Å²) in [5, 5.41) is 12.2. The molecule has 1 fully saturated rings. The number of hydrogen-bond donors (Lipinski definition) is 3. The number of aromatic nitrogens is 1. The van der Waals surface area contributed by atoms with Gasteiger partial charge in [0.1, 0.15) is 5.52 Å². The van der Waals surface area contributed by atoms with E-state index in [4.69, 9.17) is 15.3 Å². The minimum atomic E-state index is 0.237. The zero-order valence-electron chi connectivity index (χ0n) is 10.1. The van der Waals surface area contributed by atoms with Gasteiger partial charge in [0, 0.05) is 13.2 Å². The van der Waals surface area contributed by atoms with Crippen molar-refractivity contribution in [3.8, 4) is 0 Å². The molecule has 0 spiro atoms. The van der Waals surface area contributed by atoms with Gasteiger partial charge in [-0.3, -0.25) is 0 Å². The highest BCUT2D eigenvalue weighted by Gasteiger charge is 2.41. The molecule has 0 saturated heterocycles. The van der Waals surface area contributed by atoms with E-state index in [9.17, 15) is 0 Å². The predicted molar refractivity (Wildman–Crippen MR) is 70.3 cm³/mol. The summed E-state index contributed by atoms with van der Waals surface area (Å²) in [4.78, 5) is 4.34. The Balaban J connectivity index is 1.73. The molecular formula is C13H17N3O2. The Hall–Kier alpha value is -1.75. The zero-order valence-corrected chi connectivity index (χ0v) is 10.1. The third kappa shape index (κ3) is 2.01. The normalized spacial score (nSPS) is 16.9. The van der Waals surface area contributed by atoms with Crippen LogP contribution in [0, 0.1) is 5.41 Å². The van der Waals surface area contributed by atoms with E-state index in [1.165, 1.54) is 0 Å². The molecule has 1 aromatic heterocycles. The second kappa shape index (κ2) is 4.17. The molecule has 4 N–H and O–H groups in total. The molecule has 1 aromatic carbocycles. The van der Waals surface area contributed by atoms with Crippen LogP contribution in [0.1, 0.15) is 19.3 Å². The van der Waals surface area contributed by atoms with E-state index in [2.05, 4.69) is 10.3 Å². The number of rotatable bonds is 5. The van der Waals surface area contributed by atoms with E-state index < -0.39 is 0 Å². The third-order valence-corrected chi connectivity index (χ3v) is 3.66. The number of aliphatic hydroxyl groups excluding tert-OH is 1. The molecule has 2 aromatic rings. The Morgan fingerprint density at radius 2 is 2.28 bits per heavy atom. The van der Waals surface area contributed by atoms with Gasteiger partial charge < -0.3 is 20.6 Å². The lowest BCUT2D eigenvalue weighted by Crippen LogP contribution is -2.16. The number of benzene rings is 1. The van der Waals surface area contributed by atoms with Gasteiger partial charge in [0.15, 0.2) is 5.58 Å². The standard InChI is InChI=1S/C13H17N3O2/c14-9-2-1-3-10-11(9)16-12(18-10)15-8-13(4-5-13)6-7-17/h1-3,17H,4-8,14H2,(H,15,16). The topological polar surface area (TPSA) is 84.3 Å². The number of aliphatic hydroxyl groups is 1. The molecule has 1 aliphatic rings. The molecule has 3 rings (SSSR count). The molecule has 0 radical (unpaired) electrons. The molecule has 0 amide bonds. The Kier molecular flexibility index (Phi) is 2.63. The van der Waals surface area contributed by atoms with Crippen LogP contribution in [0.3, 0.4) is 0 Å². The number of nitrogens with one attached hydrogen (secondary N) is 1. The molecule has 1 aliphatic carbocycles. The van der Waals surface area contributed by atoms with Gasteiger partial charge in [0.25, 0.3) is 6.01 Å². The van der Waals surface area contributed by atoms with Gasteiger partial charge in [0.05, 0.1) is 5.69 Å². The molecule has 5 heteroatoms. The number of para-hydroxylation sites is 1. The van der Waals surface area contributed by atoms with Gasteiger partial charge in [0.2, 0.25) is 0 Å². The Bertz CT molecular complexity index is 560. The SMILES string of the molecule is Nc1cccc2oc(NCC3(CCO)CC3)nc12. The van der Waals surface area contributed by atoms with Crippen molar-refractivity contribution in [3.05, 3.63) is 18.2 Å². The molecule has 96 valence electrons. The first-order valence-corrected chi connectivity index (χ1v) is 6.22. The monoisotopic (exact) mass is 247 g/mol. The third-order valence-electron chi connectivity index (χ3n) is 3.66. The Labute approximate surface area is 105 Å². The lowest BCUT2D eigenvalue weighted by molar-refractivity contribution is 0.253. The highest BCUT2D eigenvalue weighted by Crippen LogP contribution is 2.48. The van der Waals surface area contributed by atoms with Crippen molar-refractivity contribution in [2.75, 3.05) is 24.2 Å². The minimum Gasteiger partial charge on any atom is -0.423 e. The second-order valence-corrected chi connectivity index (χ2v) is 5.04. The summed E-state index contributed by atoms with van der Waals surface area (Å²) >= 11 is 0. The first kappa shape index (κ1) is 11.3. The largest absolute Gasteiger partial charge is 0.423 e. The van der Waals surface area contributed by atoms with Crippen molar-refractivity contribution < 1.29 is 9.52 Å². The lowest BCUT2D eigenvalue weighted by atomic mass is 10.0. The van der Waals surface area contributed by atoms with E-state index in [0.717, 1.165) is 25.8 Å². The minimum absolute atomic E-state index is 0.237. The van der Waals surface area contributed by atoms with Crippen LogP contribution in [0.5, 0.6) is 0 Å². The maximum absolute atomic E-state index is 9.01. The maximum Gasteiger partial charge on any atom is 0.295 e. The quantitative estimate of drug-likeness (QED) is 0.703. The fourth-order valence-electron chi connectivity index (χ4n) is 2.24. The average molecular weight is 247 g/mol. The maximum atomic E-state index is 9.01. The van der Waals surface area contributed by atoms with Gasteiger partial charge >= 0.3 is 0 Å². The van der Waals surface area contributed by atoms with Crippen LogP contribution in [0.15, 0.2) is 22.6 Å². The molecule has 18 heavy (non-hydrogen) atoms. The number of hydrogen-bond acceptors (Lipinski definition) is 5. The highest BCUT2D eigenvalue weighted by molar-refractivity contribution is 5.86. The number of fused-ring (bicyclic) bond motifs is 1. The summed E-state index contributed by atoms with van der Waals surface area (Å²) in [6.07, 6.45) is 3.15. The summed E-state index contributed by atoms with van der Waals surface area (Å²) in [5.74, 6) is 0. The molecule has 1 heterocycles. The molecule has 0 unspecified atom stereocenters. The molecule has 0 atom stereocenters. The van der Waals surface area contributed by atoms with Crippen LogP contribution < -0.4 is 11.1 Å². The fraction of sp³-hybridized carbons (Fsp3) is 0.462. The Morgan fingerprint density at radius 1 is 1.44 bits per heavy atom. The summed E-state index contributed by atoms with van der Waals surface area (Å²) < 4.78 is 5.59. The van der Waals surface area contributed by atoms with Crippen LogP contribution in [0.4, 0.5) is 11.7 Å². The van der Waals surface area contributed by atoms with Gasteiger partial charge in [-0.25, -0.2) is 0 Å². The van der Waals surface area contributed by atoms with Crippen molar-refractivity contribution >= 4 is 22.8 Å². The van der Waals surface area contributed by atoms with Gasteiger partial charge in [-0.15, -0.1) is 0 Å². The van der Waals surface area contributed by atoms with Crippen molar-refractivity contribution in [3.63, 3.8) is 0 Å². The number of anilines is 2. The van der Waals surface area contributed by atoms with Gasteiger partial charge in [-0.05, 0) is 36.8 Å². The molecule has 0 bridgehead atoms. The number of nitrogens with zero attached hydrogens (tertiary/aromatic N) is 1. The number of nitrogen functional groups attached to an aromatic ring is 1. The van der Waals surface area contributed by atoms with E-state index >= 15 is 0 Å². The van der Waals surface area contributed by atoms with Crippen LogP contribution in [-0.2, 0) is 0 Å². The fourth-order valence-corrected chi connectivity index (χ4v) is 2.24. The summed E-state index contributed by atoms with van der Waals surface area (Å²) in [6, 6.07) is 6.01. The van der Waals surface area contributed by atoms with Crippen molar-refractivity contribution in [2.45, 2.75) is 19.3 Å². The highest BCUT2D eigenvalue weighted by atomic mass is 16.4. The molecule has 0 aliphatic heterocycles. The summed E-state index contributed by atoms with van der Waals surface area (Å²) in [7, 11) is 0. The van der Waals surface area contributed by atoms with E-state index in [1.54, 1.807) is 0 Å². The average Bonchev–Trinajstić information content (AvgIpc) is 2.98. The molecular weight excluding hydrogens is 230 g/mol. The summed E-state index contributed by atoms with van der Waals surface area (Å²) in [6.45, 7) is 1.03. The smallest absolute Gasteiger partial charge is 0.295 e. The zero-order chi connectivity index (χ0) is 12.6. The van der Waals surface area contributed by atoms with Crippen LogP contribution >= 0.6 is 0 Å². The van der Waals surface area contributed by atoms with Crippen LogP contribution in [0.25, 0.3) is 11.1 Å². The first-order chi connectivity index (χ1) is 8.72. The van der Waals surface area contributed by atoms with E-state index in [0.29, 0.717) is 22.8 Å². The number of oxazole rings is 1. The second-order valence-electron chi connectivity index (χ2n) is 5.04. The van der Waals surface area contributed by atoms with Crippen molar-refractivity contribution in [2.24, 2.45) is 5.41 Å². The predicted octanol–water partition coefficient (Wildman–Crippen LogP) is 1.98. The Morgan fingerprint density at radius 3 is 2.94 bits per heavy atom. The molecule has 1 saturated carbocycles. The van der Waals surface area contributed by atoms with Crippen LogP contribution in [-0.4, -0.2) is 23.2 Å². The number of nitrogens with two attached hydrogens (primary N) is 1.